The number of amides is 1. The van der Waals surface area contributed by atoms with Gasteiger partial charge in [0.15, 0.2) is 0 Å². The Balaban J connectivity index is 1.83. The van der Waals surface area contributed by atoms with Gasteiger partial charge in [-0.2, -0.15) is 0 Å². The maximum Gasteiger partial charge on any atom is 0.335 e. The van der Waals surface area contributed by atoms with E-state index in [1.807, 2.05) is 37.3 Å². The van der Waals surface area contributed by atoms with Crippen LogP contribution in [0.4, 0.5) is 0 Å². The lowest BCUT2D eigenvalue weighted by molar-refractivity contribution is -0.149. The topological polar surface area (TPSA) is 55.4 Å². The normalized spacial score (nSPS) is 21.2. The van der Waals surface area contributed by atoms with Gasteiger partial charge in [0.25, 0.3) is 5.91 Å². The lowest BCUT2D eigenvalue weighted by Crippen LogP contribution is -2.41. The number of benzene rings is 1. The van der Waals surface area contributed by atoms with Crippen molar-refractivity contribution in [3.05, 3.63) is 47.0 Å². The molecule has 0 bridgehead atoms. The van der Waals surface area contributed by atoms with Crippen molar-refractivity contribution in [3.8, 4) is 0 Å². The van der Waals surface area contributed by atoms with Crippen LogP contribution in [0, 0.1) is 0 Å². The van der Waals surface area contributed by atoms with Crippen LogP contribution >= 0.6 is 0 Å². The van der Waals surface area contributed by atoms with Gasteiger partial charge in [0.2, 0.25) is 0 Å². The Labute approximate surface area is 136 Å². The minimum atomic E-state index is -0.695. The highest BCUT2D eigenvalue weighted by Gasteiger charge is 2.49. The summed E-state index contributed by atoms with van der Waals surface area (Å²) in [5, 5.41) is 3.03. The summed E-state index contributed by atoms with van der Waals surface area (Å²) in [7, 11) is 0. The van der Waals surface area contributed by atoms with E-state index in [0.717, 1.165) is 37.7 Å². The molecule has 0 aromatic heterocycles. The third-order valence-electron chi connectivity index (χ3n) is 4.96. The lowest BCUT2D eigenvalue weighted by Gasteiger charge is -2.34. The Kier molecular flexibility index (Phi) is 4.24. The van der Waals surface area contributed by atoms with Crippen molar-refractivity contribution in [3.63, 3.8) is 0 Å². The van der Waals surface area contributed by atoms with E-state index >= 15 is 0 Å². The molecule has 3 rings (SSSR count). The van der Waals surface area contributed by atoms with Gasteiger partial charge in [-0.1, -0.05) is 36.8 Å². The van der Waals surface area contributed by atoms with Crippen molar-refractivity contribution < 1.29 is 14.3 Å². The van der Waals surface area contributed by atoms with Crippen LogP contribution in [0.2, 0.25) is 0 Å². The fraction of sp³-hybridized carbons (Fsp3) is 0.474. The summed E-state index contributed by atoms with van der Waals surface area (Å²) < 4.78 is 5.65. The Hall–Kier alpha value is -2.10. The number of ether oxygens (including phenoxy) is 1. The molecule has 1 amide bonds. The molecule has 23 heavy (non-hydrogen) atoms. The predicted molar refractivity (Wildman–Crippen MR) is 87.6 cm³/mol. The molecule has 0 radical (unpaired) electrons. The smallest absolute Gasteiger partial charge is 0.335 e. The zero-order valence-corrected chi connectivity index (χ0v) is 13.7. The maximum atomic E-state index is 12.9. The van der Waals surface area contributed by atoms with Crippen LogP contribution in [-0.2, 0) is 14.3 Å². The van der Waals surface area contributed by atoms with Gasteiger partial charge in [0, 0.05) is 5.57 Å². The van der Waals surface area contributed by atoms with Crippen LogP contribution in [0.5, 0.6) is 0 Å². The zero-order chi connectivity index (χ0) is 16.4. The highest BCUT2D eigenvalue weighted by molar-refractivity contribution is 6.07. The number of hydrogen-bond acceptors (Lipinski definition) is 3. The van der Waals surface area contributed by atoms with Crippen molar-refractivity contribution >= 4 is 11.9 Å². The summed E-state index contributed by atoms with van der Waals surface area (Å²) in [6.07, 6.45) is 4.61. The second-order valence-corrected chi connectivity index (χ2v) is 6.55. The summed E-state index contributed by atoms with van der Waals surface area (Å²) in [4.78, 5) is 24.9. The second-order valence-electron chi connectivity index (χ2n) is 6.55. The third kappa shape index (κ3) is 2.90. The molecule has 1 fully saturated rings. The van der Waals surface area contributed by atoms with Crippen LogP contribution in [0.3, 0.4) is 0 Å². The molecule has 1 unspecified atom stereocenters. The van der Waals surface area contributed by atoms with Crippen molar-refractivity contribution in [2.45, 2.75) is 57.6 Å². The Morgan fingerprint density at radius 2 is 1.83 bits per heavy atom. The number of carbonyl (C=O) groups is 2. The van der Waals surface area contributed by atoms with E-state index in [-0.39, 0.29) is 17.9 Å². The highest BCUT2D eigenvalue weighted by Crippen LogP contribution is 2.43. The number of rotatable bonds is 3. The molecule has 4 nitrogen and oxygen atoms in total. The fourth-order valence-corrected chi connectivity index (χ4v) is 3.69. The number of nitrogens with one attached hydrogen (secondary N) is 1. The molecule has 0 saturated heterocycles. The van der Waals surface area contributed by atoms with Crippen molar-refractivity contribution in [1.82, 2.24) is 5.32 Å². The predicted octanol–water partition coefficient (Wildman–Crippen LogP) is 3.44. The molecule has 1 aromatic carbocycles. The SMILES string of the molecule is CC1=C(C(=O)NC(C)c2ccccc2)C2(CCCCC2)OC1=O. The van der Waals surface area contributed by atoms with Gasteiger partial charge in [0.1, 0.15) is 5.60 Å². The first kappa shape index (κ1) is 15.8. The first-order valence-electron chi connectivity index (χ1n) is 8.34. The van der Waals surface area contributed by atoms with Crippen LogP contribution < -0.4 is 5.32 Å². The summed E-state index contributed by atoms with van der Waals surface area (Å²) >= 11 is 0. The van der Waals surface area contributed by atoms with Crippen molar-refractivity contribution in [2.24, 2.45) is 0 Å². The first-order valence-corrected chi connectivity index (χ1v) is 8.34. The highest BCUT2D eigenvalue weighted by atomic mass is 16.6. The Bertz CT molecular complexity index is 642. The molecule has 2 aliphatic rings. The van der Waals surface area contributed by atoms with Gasteiger partial charge >= 0.3 is 5.97 Å². The van der Waals surface area contributed by atoms with Gasteiger partial charge in [-0.05, 0) is 45.1 Å². The van der Waals surface area contributed by atoms with E-state index in [1.165, 1.54) is 0 Å². The molecule has 1 spiro atoms. The number of esters is 1. The van der Waals surface area contributed by atoms with E-state index in [4.69, 9.17) is 4.74 Å². The van der Waals surface area contributed by atoms with Crippen LogP contribution in [-0.4, -0.2) is 17.5 Å². The van der Waals surface area contributed by atoms with Gasteiger partial charge in [0.05, 0.1) is 11.6 Å². The molecule has 1 heterocycles. The number of hydrogen-bond donors (Lipinski definition) is 1. The quantitative estimate of drug-likeness (QED) is 0.870. The van der Waals surface area contributed by atoms with Gasteiger partial charge in [-0.3, -0.25) is 4.79 Å². The zero-order valence-electron chi connectivity index (χ0n) is 13.7. The van der Waals surface area contributed by atoms with Gasteiger partial charge in [-0.25, -0.2) is 4.79 Å². The second kappa shape index (κ2) is 6.19. The Morgan fingerprint density at radius 1 is 1.17 bits per heavy atom. The van der Waals surface area contributed by atoms with E-state index in [1.54, 1.807) is 6.92 Å². The van der Waals surface area contributed by atoms with Crippen molar-refractivity contribution in [1.29, 1.82) is 0 Å². The van der Waals surface area contributed by atoms with Crippen LogP contribution in [0.1, 0.15) is 57.6 Å². The van der Waals surface area contributed by atoms with Crippen molar-refractivity contribution in [2.75, 3.05) is 0 Å². The van der Waals surface area contributed by atoms with E-state index in [2.05, 4.69) is 5.32 Å². The monoisotopic (exact) mass is 313 g/mol. The minimum Gasteiger partial charge on any atom is -0.451 e. The summed E-state index contributed by atoms with van der Waals surface area (Å²) in [5.74, 6) is -0.518. The summed E-state index contributed by atoms with van der Waals surface area (Å²) in [6.45, 7) is 3.65. The molecule has 122 valence electrons. The first-order chi connectivity index (χ1) is 11.0. The standard InChI is InChI=1S/C19H23NO3/c1-13-16(19(23-18(13)22)11-7-4-8-12-19)17(21)20-14(2)15-9-5-3-6-10-15/h3,5-6,9-10,14H,4,7-8,11-12H2,1-2H3,(H,20,21). The molecule has 1 aliphatic carbocycles. The average Bonchev–Trinajstić information content (AvgIpc) is 2.79. The largest absolute Gasteiger partial charge is 0.451 e. The van der Waals surface area contributed by atoms with Gasteiger partial charge < -0.3 is 10.1 Å². The number of carbonyl (C=O) groups excluding carboxylic acids is 2. The fourth-order valence-electron chi connectivity index (χ4n) is 3.69. The van der Waals surface area contributed by atoms with E-state index in [0.29, 0.717) is 11.1 Å². The van der Waals surface area contributed by atoms with Gasteiger partial charge in [-0.15, -0.1) is 0 Å². The Morgan fingerprint density at radius 3 is 2.48 bits per heavy atom. The molecule has 1 N–H and O–H groups in total. The molecule has 1 saturated carbocycles. The maximum absolute atomic E-state index is 12.9. The third-order valence-corrected chi connectivity index (χ3v) is 4.96. The molecular weight excluding hydrogens is 290 g/mol. The summed E-state index contributed by atoms with van der Waals surface area (Å²) in [6, 6.07) is 9.71. The van der Waals surface area contributed by atoms with E-state index in [9.17, 15) is 9.59 Å². The molecule has 4 heteroatoms. The molecular formula is C19H23NO3. The van der Waals surface area contributed by atoms with Crippen LogP contribution in [0.25, 0.3) is 0 Å². The molecule has 1 aromatic rings. The van der Waals surface area contributed by atoms with E-state index < -0.39 is 5.60 Å². The molecule has 1 aliphatic heterocycles. The lowest BCUT2D eigenvalue weighted by atomic mass is 9.78. The van der Waals surface area contributed by atoms with Crippen LogP contribution in [0.15, 0.2) is 41.5 Å². The minimum absolute atomic E-state index is 0.111. The molecule has 1 atom stereocenters. The summed E-state index contributed by atoms with van der Waals surface area (Å²) in [5.41, 5.74) is 1.36. The average molecular weight is 313 g/mol.